The highest BCUT2D eigenvalue weighted by atomic mass is 28.4. The van der Waals surface area contributed by atoms with Crippen LogP contribution in [0.25, 0.3) is 0 Å². The van der Waals surface area contributed by atoms with E-state index >= 15 is 0 Å². The normalized spacial score (nSPS) is 14.6. The van der Waals surface area contributed by atoms with Crippen LogP contribution < -0.4 is 9.92 Å². The van der Waals surface area contributed by atoms with Gasteiger partial charge in [-0.2, -0.15) is 0 Å². The fourth-order valence-corrected chi connectivity index (χ4v) is 1.37. The second kappa shape index (κ2) is 3.24. The van der Waals surface area contributed by atoms with Crippen molar-refractivity contribution in [2.75, 3.05) is 7.11 Å². The molecule has 1 rings (SSSR count). The summed E-state index contributed by atoms with van der Waals surface area (Å²) < 4.78 is 25.3. The van der Waals surface area contributed by atoms with Crippen LogP contribution in [-0.4, -0.2) is 34.6 Å². The van der Waals surface area contributed by atoms with Crippen molar-refractivity contribution >= 4 is 14.0 Å². The van der Waals surface area contributed by atoms with Crippen LogP contribution in [0.15, 0.2) is 24.3 Å². The molecule has 0 saturated heterocycles. The summed E-state index contributed by atoms with van der Waals surface area (Å²) in [5.74, 6) is 0.613. The van der Waals surface area contributed by atoms with Crippen molar-refractivity contribution < 1.29 is 19.1 Å². The Morgan fingerprint density at radius 1 is 1.25 bits per heavy atom. The predicted molar refractivity (Wildman–Crippen MR) is 45.0 cm³/mol. The van der Waals surface area contributed by atoms with E-state index in [4.69, 9.17) is 9.03 Å². The van der Waals surface area contributed by atoms with Gasteiger partial charge in [-0.1, -0.05) is 12.1 Å². The first kappa shape index (κ1) is 5.71. The summed E-state index contributed by atoms with van der Waals surface area (Å²) in [6.07, 6.45) is 0. The van der Waals surface area contributed by atoms with Crippen molar-refractivity contribution in [1.29, 1.82) is 4.29 Å². The molecule has 0 unspecified atom stereocenters. The van der Waals surface area contributed by atoms with E-state index in [0.717, 1.165) is 0 Å². The SMILES string of the molecule is [3H]O[Si](O[3H])(O[3H])c1ccc(OC)cc1. The van der Waals surface area contributed by atoms with Gasteiger partial charge in [-0.05, 0) is 12.1 Å². The second-order valence-electron chi connectivity index (χ2n) is 2.28. The summed E-state index contributed by atoms with van der Waals surface area (Å²) >= 11 is 0. The largest absolute Gasteiger partial charge is 0.528 e. The number of rotatable bonds is 5. The molecular formula is C7H10O4Si. The lowest BCUT2D eigenvalue weighted by molar-refractivity contribution is 0.249. The number of benzene rings is 1. The minimum Gasteiger partial charge on any atom is -0.497 e. The van der Waals surface area contributed by atoms with Crippen LogP contribution in [0.4, 0.5) is 0 Å². The van der Waals surface area contributed by atoms with Crippen LogP contribution >= 0.6 is 0 Å². The molecule has 0 bridgehead atoms. The van der Waals surface area contributed by atoms with Gasteiger partial charge >= 0.3 is 8.80 Å². The number of ether oxygens (including phenoxy) is 1. The summed E-state index contributed by atoms with van der Waals surface area (Å²) in [4.78, 5) is 12.7. The van der Waals surface area contributed by atoms with Gasteiger partial charge in [-0.3, -0.25) is 0 Å². The van der Waals surface area contributed by atoms with Crippen LogP contribution in [0.2, 0.25) is 0 Å². The molecule has 0 atom stereocenters. The number of hydrogen-bond donors (Lipinski definition) is 3. The third kappa shape index (κ3) is 2.05. The Hall–Kier alpha value is -0.883. The molecule has 0 saturated carbocycles. The molecule has 3 N–H and O–H groups in total. The average Bonchev–Trinajstić information content (AvgIpc) is 2.33. The number of hydrogen-bond acceptors (Lipinski definition) is 4. The lowest BCUT2D eigenvalue weighted by Crippen LogP contribution is -2.48. The van der Waals surface area contributed by atoms with Crippen LogP contribution in [0, 0.1) is 0 Å². The van der Waals surface area contributed by atoms with E-state index < -0.39 is 8.80 Å². The Kier molecular flexibility index (Phi) is 1.54. The van der Waals surface area contributed by atoms with E-state index in [-0.39, 0.29) is 0 Å². The monoisotopic (exact) mass is 192 g/mol. The van der Waals surface area contributed by atoms with Crippen LogP contribution in [0.1, 0.15) is 0 Å². The molecule has 0 amide bonds. The van der Waals surface area contributed by atoms with Gasteiger partial charge in [0.1, 0.15) is 5.75 Å². The van der Waals surface area contributed by atoms with E-state index in [1.54, 1.807) is 12.1 Å². The quantitative estimate of drug-likeness (QED) is 0.514. The van der Waals surface area contributed by atoms with Crippen LogP contribution in [0.5, 0.6) is 5.75 Å². The van der Waals surface area contributed by atoms with Gasteiger partial charge in [0.15, 0.2) is 4.29 Å². The minimum absolute atomic E-state index is 0.350. The van der Waals surface area contributed by atoms with Gasteiger partial charge < -0.3 is 19.1 Å². The van der Waals surface area contributed by atoms with Gasteiger partial charge in [0, 0.05) is 5.19 Å². The minimum atomic E-state index is -3.68. The fourth-order valence-electron chi connectivity index (χ4n) is 0.795. The van der Waals surface area contributed by atoms with Crippen molar-refractivity contribution in [3.05, 3.63) is 24.3 Å². The summed E-state index contributed by atoms with van der Waals surface area (Å²) in [7, 11) is -2.17. The summed E-state index contributed by atoms with van der Waals surface area (Å²) in [5.41, 5.74) is 0. The molecule has 0 aromatic heterocycles. The maximum atomic E-state index is 6.78. The highest BCUT2D eigenvalue weighted by molar-refractivity contribution is 6.71. The molecule has 5 heteroatoms. The standard InChI is InChI=1S/C7H10O4Si/c1-11-6-2-4-7(5-3-6)12(8,9)10/h2-5,8-10H,1H3/i8T,9T,10T. The summed E-state index contributed by atoms with van der Waals surface area (Å²) in [6, 6.07) is 6.27. The van der Waals surface area contributed by atoms with E-state index in [0.29, 0.717) is 10.9 Å². The smallest absolute Gasteiger partial charge is 0.497 e. The molecule has 0 aliphatic carbocycles. The molecule has 0 aliphatic heterocycles. The van der Waals surface area contributed by atoms with Gasteiger partial charge in [0.25, 0.3) is 0 Å². The molecule has 4 nitrogen and oxygen atoms in total. The molecule has 66 valence electrons. The third-order valence-electron chi connectivity index (χ3n) is 1.44. The summed E-state index contributed by atoms with van der Waals surface area (Å²) in [5, 5.41) is 0.350. The van der Waals surface area contributed by atoms with Crippen LogP contribution in [0.3, 0.4) is 0 Å². The van der Waals surface area contributed by atoms with Crippen molar-refractivity contribution in [3.63, 3.8) is 0 Å². The molecular weight excluding hydrogens is 176 g/mol. The lowest BCUT2D eigenvalue weighted by atomic mass is 10.3. The Labute approximate surface area is 75.5 Å². The Bertz CT molecular complexity index is 295. The van der Waals surface area contributed by atoms with Gasteiger partial charge in [-0.25, -0.2) is 0 Å². The topological polar surface area (TPSA) is 69.9 Å². The van der Waals surface area contributed by atoms with E-state index in [1.165, 1.54) is 19.2 Å². The molecule has 0 radical (unpaired) electrons. The van der Waals surface area contributed by atoms with Gasteiger partial charge in [0.05, 0.1) is 7.11 Å². The molecule has 0 heterocycles. The highest BCUT2D eigenvalue weighted by Gasteiger charge is 2.29. The maximum Gasteiger partial charge on any atom is 0.528 e. The van der Waals surface area contributed by atoms with Crippen molar-refractivity contribution in [1.82, 2.24) is 0 Å². The molecule has 1 aromatic rings. The average molecular weight is 192 g/mol. The van der Waals surface area contributed by atoms with Gasteiger partial charge in [-0.15, -0.1) is 0 Å². The lowest BCUT2D eigenvalue weighted by Gasteiger charge is -2.09. The first-order valence-electron chi connectivity index (χ1n) is 4.52. The van der Waals surface area contributed by atoms with E-state index in [1.807, 2.05) is 0 Å². The van der Waals surface area contributed by atoms with Crippen molar-refractivity contribution in [2.45, 2.75) is 0 Å². The Morgan fingerprint density at radius 3 is 2.25 bits per heavy atom. The van der Waals surface area contributed by atoms with Gasteiger partial charge in [0.2, 0.25) is 0 Å². The maximum absolute atomic E-state index is 6.78. The second-order valence-corrected chi connectivity index (χ2v) is 3.97. The van der Waals surface area contributed by atoms with Crippen molar-refractivity contribution in [2.24, 2.45) is 0 Å². The third-order valence-corrected chi connectivity index (χ3v) is 2.48. The zero-order valence-corrected chi connectivity index (χ0v) is 7.44. The zero-order chi connectivity index (χ0) is 11.3. The van der Waals surface area contributed by atoms with E-state index in [2.05, 4.69) is 14.4 Å². The molecule has 0 aliphatic rings. The molecule has 0 spiro atoms. The zero-order valence-electron chi connectivity index (χ0n) is 9.44. The molecule has 1 aromatic carbocycles. The summed E-state index contributed by atoms with van der Waals surface area (Å²) in [6.45, 7) is 0. The van der Waals surface area contributed by atoms with Crippen molar-refractivity contribution in [3.8, 4) is 5.75 Å². The first-order chi connectivity index (χ1) is 7.22. The molecule has 12 heavy (non-hydrogen) atoms. The Balaban J connectivity index is 3.01. The number of methoxy groups -OCH3 is 1. The Morgan fingerprint density at radius 2 is 1.83 bits per heavy atom. The molecule has 0 fully saturated rings. The fraction of sp³-hybridized carbons (Fsp3) is 0.143. The van der Waals surface area contributed by atoms with Crippen LogP contribution in [-0.2, 0) is 0 Å². The van der Waals surface area contributed by atoms with E-state index in [9.17, 15) is 0 Å². The predicted octanol–water partition coefficient (Wildman–Crippen LogP) is -1.18. The highest BCUT2D eigenvalue weighted by Crippen LogP contribution is 2.06. The first-order valence-corrected chi connectivity index (χ1v) is 5.02.